The van der Waals surface area contributed by atoms with E-state index in [1.807, 2.05) is 4.40 Å². The smallest absolute Gasteiger partial charge is 0.212 e. The highest BCUT2D eigenvalue weighted by Gasteiger charge is 2.47. The monoisotopic (exact) mass is 480 g/mol. The van der Waals surface area contributed by atoms with Gasteiger partial charge in [0, 0.05) is 35.6 Å². The number of ether oxygens (including phenoxy) is 1. The van der Waals surface area contributed by atoms with Gasteiger partial charge in [-0.05, 0) is 25.8 Å². The van der Waals surface area contributed by atoms with Gasteiger partial charge >= 0.3 is 0 Å². The normalized spacial score (nSPS) is 23.2. The number of nitrogens with two attached hydrogens (primary N) is 2. The lowest BCUT2D eigenvalue weighted by molar-refractivity contribution is 0.0973. The van der Waals surface area contributed by atoms with Crippen molar-refractivity contribution in [1.82, 2.24) is 24.6 Å². The SMILES string of the molecule is C[C@@H]1OCC2(CCN(c3ncc(Sc4cc(N)nc(Cl)c4Cl)c4nncn34)CC2)[C@@H]1N. The van der Waals surface area contributed by atoms with Crippen LogP contribution in [0.2, 0.25) is 10.2 Å². The van der Waals surface area contributed by atoms with E-state index >= 15 is 0 Å². The van der Waals surface area contributed by atoms with E-state index in [0.717, 1.165) is 43.4 Å². The van der Waals surface area contributed by atoms with Crippen molar-refractivity contribution < 1.29 is 4.74 Å². The van der Waals surface area contributed by atoms with Gasteiger partial charge in [-0.2, -0.15) is 0 Å². The van der Waals surface area contributed by atoms with E-state index in [2.05, 4.69) is 27.0 Å². The number of piperidine rings is 1. The number of anilines is 2. The summed E-state index contributed by atoms with van der Waals surface area (Å²) in [6.45, 7) is 4.48. The number of nitrogens with zero attached hydrogens (tertiary/aromatic N) is 6. The molecule has 12 heteroatoms. The third kappa shape index (κ3) is 3.60. The van der Waals surface area contributed by atoms with Crippen LogP contribution in [0.5, 0.6) is 0 Å². The minimum Gasteiger partial charge on any atom is -0.384 e. The van der Waals surface area contributed by atoms with Crippen LogP contribution in [0, 0.1) is 5.41 Å². The molecule has 9 nitrogen and oxygen atoms in total. The first-order valence-corrected chi connectivity index (χ1v) is 11.6. The van der Waals surface area contributed by atoms with Crippen LogP contribution in [-0.2, 0) is 4.74 Å². The first-order chi connectivity index (χ1) is 14.9. The Morgan fingerprint density at radius 2 is 2.03 bits per heavy atom. The molecule has 2 saturated heterocycles. The molecule has 3 aromatic heterocycles. The van der Waals surface area contributed by atoms with E-state index in [0.29, 0.717) is 21.4 Å². The molecule has 0 unspecified atom stereocenters. The maximum atomic E-state index is 6.45. The van der Waals surface area contributed by atoms with Gasteiger partial charge in [0.1, 0.15) is 12.1 Å². The van der Waals surface area contributed by atoms with Crippen LogP contribution >= 0.6 is 35.0 Å². The molecule has 4 N–H and O–H groups in total. The molecule has 164 valence electrons. The Morgan fingerprint density at radius 3 is 2.74 bits per heavy atom. The van der Waals surface area contributed by atoms with Gasteiger partial charge in [0.15, 0.2) is 10.8 Å². The number of halogens is 2. The second-order valence-electron chi connectivity index (χ2n) is 8.09. The van der Waals surface area contributed by atoms with Crippen molar-refractivity contribution in [1.29, 1.82) is 0 Å². The van der Waals surface area contributed by atoms with Crippen molar-refractivity contribution >= 4 is 52.4 Å². The summed E-state index contributed by atoms with van der Waals surface area (Å²) in [4.78, 5) is 12.4. The molecule has 3 aromatic rings. The molecule has 2 fully saturated rings. The van der Waals surface area contributed by atoms with Gasteiger partial charge in [0.05, 0.1) is 22.6 Å². The fourth-order valence-corrected chi connectivity index (χ4v) is 5.81. The van der Waals surface area contributed by atoms with Crippen LogP contribution in [0.1, 0.15) is 19.8 Å². The Hall–Kier alpha value is -1.85. The van der Waals surface area contributed by atoms with Crippen LogP contribution < -0.4 is 16.4 Å². The van der Waals surface area contributed by atoms with Crippen molar-refractivity contribution in [3.8, 4) is 0 Å². The predicted molar refractivity (Wildman–Crippen MR) is 121 cm³/mol. The van der Waals surface area contributed by atoms with Gasteiger partial charge in [-0.25, -0.2) is 14.4 Å². The number of pyridine rings is 1. The van der Waals surface area contributed by atoms with Gasteiger partial charge in [-0.15, -0.1) is 10.2 Å². The van der Waals surface area contributed by atoms with Crippen molar-refractivity contribution in [3.63, 3.8) is 0 Å². The Balaban J connectivity index is 1.41. The molecular weight excluding hydrogens is 459 g/mol. The Morgan fingerprint density at radius 1 is 1.26 bits per heavy atom. The number of fused-ring (bicyclic) bond motifs is 1. The highest BCUT2D eigenvalue weighted by molar-refractivity contribution is 7.99. The Labute approximate surface area is 193 Å². The molecule has 0 bridgehead atoms. The average molecular weight is 481 g/mol. The van der Waals surface area contributed by atoms with Gasteiger partial charge in [-0.1, -0.05) is 35.0 Å². The molecule has 5 heterocycles. The highest BCUT2D eigenvalue weighted by atomic mass is 35.5. The molecule has 0 aromatic carbocycles. The maximum absolute atomic E-state index is 6.45. The first-order valence-electron chi connectivity index (χ1n) is 9.98. The molecular formula is C19H22Cl2N8OS. The van der Waals surface area contributed by atoms with E-state index in [4.69, 9.17) is 44.4 Å². The van der Waals surface area contributed by atoms with Crippen LogP contribution in [0.15, 0.2) is 28.4 Å². The number of hydrogen-bond acceptors (Lipinski definition) is 9. The summed E-state index contributed by atoms with van der Waals surface area (Å²) in [6, 6.07) is 1.75. The van der Waals surface area contributed by atoms with Crippen LogP contribution in [0.3, 0.4) is 0 Å². The molecule has 31 heavy (non-hydrogen) atoms. The van der Waals surface area contributed by atoms with Gasteiger partial charge in [0.2, 0.25) is 5.95 Å². The van der Waals surface area contributed by atoms with Crippen LogP contribution in [0.4, 0.5) is 11.8 Å². The maximum Gasteiger partial charge on any atom is 0.212 e. The number of rotatable bonds is 3. The third-order valence-electron chi connectivity index (χ3n) is 6.29. The number of nitrogen functional groups attached to an aromatic ring is 1. The summed E-state index contributed by atoms with van der Waals surface area (Å²) in [5.41, 5.74) is 13.0. The third-order valence-corrected chi connectivity index (χ3v) is 8.21. The zero-order valence-corrected chi connectivity index (χ0v) is 19.2. The molecule has 2 aliphatic rings. The van der Waals surface area contributed by atoms with E-state index in [1.165, 1.54) is 11.8 Å². The first kappa shape index (κ1) is 21.0. The summed E-state index contributed by atoms with van der Waals surface area (Å²) in [6.07, 6.45) is 5.48. The molecule has 2 atom stereocenters. The minimum atomic E-state index is 0.0509. The lowest BCUT2D eigenvalue weighted by Crippen LogP contribution is -2.51. The molecule has 0 radical (unpaired) electrons. The van der Waals surface area contributed by atoms with E-state index in [-0.39, 0.29) is 22.7 Å². The standard InChI is InChI=1S/C19H22Cl2N8OS/c1-10-15(23)19(8-30-10)2-4-28(5-3-19)18-24-7-12(17-27-25-9-29(17)18)31-11-6-13(22)26-16(21)14(11)20/h6-7,9-10,15H,2-5,8,23H2,1H3,(H2,22,26)/t10-,15+/m0/s1. The lowest BCUT2D eigenvalue weighted by Gasteiger charge is -2.41. The van der Waals surface area contributed by atoms with Crippen molar-refractivity contribution in [2.75, 3.05) is 30.3 Å². The molecule has 5 rings (SSSR count). The topological polar surface area (TPSA) is 120 Å². The zero-order chi connectivity index (χ0) is 21.8. The summed E-state index contributed by atoms with van der Waals surface area (Å²) < 4.78 is 7.73. The Bertz CT molecular complexity index is 1130. The summed E-state index contributed by atoms with van der Waals surface area (Å²) in [5.74, 6) is 1.10. The quantitative estimate of drug-likeness (QED) is 0.544. The lowest BCUT2D eigenvalue weighted by atomic mass is 9.73. The molecule has 0 saturated carbocycles. The second-order valence-corrected chi connectivity index (χ2v) is 9.91. The number of hydrogen-bond donors (Lipinski definition) is 2. The fraction of sp³-hybridized carbons (Fsp3) is 0.474. The zero-order valence-electron chi connectivity index (χ0n) is 16.8. The molecule has 0 aliphatic carbocycles. The number of aromatic nitrogens is 5. The fourth-order valence-electron chi connectivity index (χ4n) is 4.40. The summed E-state index contributed by atoms with van der Waals surface area (Å²) in [7, 11) is 0. The van der Waals surface area contributed by atoms with Gasteiger partial charge in [0.25, 0.3) is 0 Å². The largest absolute Gasteiger partial charge is 0.384 e. The summed E-state index contributed by atoms with van der Waals surface area (Å²) in [5, 5.41) is 8.91. The predicted octanol–water partition coefficient (Wildman–Crippen LogP) is 2.89. The van der Waals surface area contributed by atoms with Gasteiger partial charge < -0.3 is 21.1 Å². The second kappa shape index (κ2) is 7.93. The van der Waals surface area contributed by atoms with E-state index in [1.54, 1.807) is 18.6 Å². The van der Waals surface area contributed by atoms with E-state index in [9.17, 15) is 0 Å². The van der Waals surface area contributed by atoms with Crippen molar-refractivity contribution in [3.05, 3.63) is 28.8 Å². The van der Waals surface area contributed by atoms with Crippen LogP contribution in [0.25, 0.3) is 5.65 Å². The van der Waals surface area contributed by atoms with Crippen molar-refractivity contribution in [2.24, 2.45) is 11.1 Å². The molecule has 1 spiro atoms. The van der Waals surface area contributed by atoms with Crippen molar-refractivity contribution in [2.45, 2.75) is 41.7 Å². The molecule has 2 aliphatic heterocycles. The summed E-state index contributed by atoms with van der Waals surface area (Å²) >= 11 is 13.8. The van der Waals surface area contributed by atoms with E-state index < -0.39 is 0 Å². The minimum absolute atomic E-state index is 0.0509. The highest BCUT2D eigenvalue weighted by Crippen LogP contribution is 2.42. The average Bonchev–Trinajstić information content (AvgIpc) is 3.35. The molecule has 0 amide bonds. The van der Waals surface area contributed by atoms with Gasteiger partial charge in [-0.3, -0.25) is 0 Å². The van der Waals surface area contributed by atoms with Crippen LogP contribution in [-0.4, -0.2) is 56.4 Å². The Kier molecular flexibility index (Phi) is 5.38.